The quantitative estimate of drug-likeness (QED) is 0.826. The van der Waals surface area contributed by atoms with E-state index in [4.69, 9.17) is 0 Å². The molecule has 0 atom stereocenters. The smallest absolute Gasteiger partial charge is 0.255 e. The van der Waals surface area contributed by atoms with E-state index in [2.05, 4.69) is 9.88 Å². The number of aliphatic hydroxyl groups is 1. The molecule has 2 aliphatic heterocycles. The maximum Gasteiger partial charge on any atom is 0.255 e. The van der Waals surface area contributed by atoms with Crippen LogP contribution in [0.5, 0.6) is 0 Å². The molecule has 2 saturated heterocycles. The fourth-order valence-corrected chi connectivity index (χ4v) is 2.45. The summed E-state index contributed by atoms with van der Waals surface area (Å²) in [6.45, 7) is 2.98. The predicted octanol–water partition coefficient (Wildman–Crippen LogP) is 0.498. The number of pyridine rings is 1. The molecule has 2 aliphatic rings. The van der Waals surface area contributed by atoms with Crippen molar-refractivity contribution in [3.05, 3.63) is 23.9 Å². The minimum absolute atomic E-state index is 0.0410. The lowest BCUT2D eigenvalue weighted by atomic mass is 10.1. The first kappa shape index (κ1) is 11.5. The fourth-order valence-electron chi connectivity index (χ4n) is 2.45. The van der Waals surface area contributed by atoms with Gasteiger partial charge in [-0.05, 0) is 25.0 Å². The van der Waals surface area contributed by atoms with Gasteiger partial charge in [-0.25, -0.2) is 4.98 Å². The lowest BCUT2D eigenvalue weighted by molar-refractivity contribution is 0.00587. The Morgan fingerprint density at radius 3 is 2.56 bits per heavy atom. The molecule has 18 heavy (non-hydrogen) atoms. The van der Waals surface area contributed by atoms with Crippen molar-refractivity contribution < 1.29 is 9.90 Å². The van der Waals surface area contributed by atoms with Crippen LogP contribution in [0.1, 0.15) is 23.2 Å². The topological polar surface area (TPSA) is 56.7 Å². The monoisotopic (exact) mass is 247 g/mol. The van der Waals surface area contributed by atoms with Gasteiger partial charge in [0.15, 0.2) is 0 Å². The number of β-amino-alcohol motifs (C(OH)–C–C–N with tert-alkyl or cyclic N) is 1. The molecule has 96 valence electrons. The molecule has 3 rings (SSSR count). The van der Waals surface area contributed by atoms with Crippen molar-refractivity contribution in [1.29, 1.82) is 0 Å². The SMILES string of the molecule is O=C(c1ccc(N2CCCC2)nc1)N1CC(O)C1. The summed E-state index contributed by atoms with van der Waals surface area (Å²) in [5.41, 5.74) is 0.602. The van der Waals surface area contributed by atoms with Crippen LogP contribution < -0.4 is 4.90 Å². The Balaban J connectivity index is 1.68. The highest BCUT2D eigenvalue weighted by atomic mass is 16.3. The van der Waals surface area contributed by atoms with Crippen LogP contribution in [0.15, 0.2) is 18.3 Å². The zero-order valence-corrected chi connectivity index (χ0v) is 10.2. The number of amides is 1. The largest absolute Gasteiger partial charge is 0.389 e. The molecule has 0 spiro atoms. The summed E-state index contributed by atoms with van der Waals surface area (Å²) in [5.74, 6) is 0.911. The molecule has 0 saturated carbocycles. The Morgan fingerprint density at radius 1 is 1.28 bits per heavy atom. The molecule has 5 nitrogen and oxygen atoms in total. The molecule has 1 aromatic rings. The van der Waals surface area contributed by atoms with Crippen molar-refractivity contribution >= 4 is 11.7 Å². The molecule has 0 unspecified atom stereocenters. The summed E-state index contributed by atoms with van der Waals surface area (Å²) in [7, 11) is 0. The van der Waals surface area contributed by atoms with Gasteiger partial charge in [0.05, 0.1) is 11.7 Å². The number of carbonyl (C=O) groups excluding carboxylic acids is 1. The van der Waals surface area contributed by atoms with Gasteiger partial charge in [0.1, 0.15) is 5.82 Å². The van der Waals surface area contributed by atoms with E-state index in [0.717, 1.165) is 18.9 Å². The van der Waals surface area contributed by atoms with E-state index in [1.165, 1.54) is 12.8 Å². The fraction of sp³-hybridized carbons (Fsp3) is 0.538. The number of aliphatic hydroxyl groups excluding tert-OH is 1. The second kappa shape index (κ2) is 4.57. The van der Waals surface area contributed by atoms with E-state index in [1.54, 1.807) is 11.1 Å². The van der Waals surface area contributed by atoms with Crippen LogP contribution in [-0.2, 0) is 0 Å². The number of hydrogen-bond acceptors (Lipinski definition) is 4. The van der Waals surface area contributed by atoms with Crippen LogP contribution in [0.2, 0.25) is 0 Å². The van der Waals surface area contributed by atoms with Crippen LogP contribution >= 0.6 is 0 Å². The lowest BCUT2D eigenvalue weighted by Crippen LogP contribution is -2.53. The second-order valence-electron chi connectivity index (χ2n) is 4.96. The van der Waals surface area contributed by atoms with Gasteiger partial charge in [-0.2, -0.15) is 0 Å². The van der Waals surface area contributed by atoms with E-state index in [9.17, 15) is 9.90 Å². The van der Waals surface area contributed by atoms with Gasteiger partial charge in [0.25, 0.3) is 5.91 Å². The van der Waals surface area contributed by atoms with E-state index in [1.807, 2.05) is 12.1 Å². The average molecular weight is 247 g/mol. The van der Waals surface area contributed by atoms with Gasteiger partial charge < -0.3 is 14.9 Å². The van der Waals surface area contributed by atoms with E-state index < -0.39 is 0 Å². The molecular formula is C13H17N3O2. The minimum Gasteiger partial charge on any atom is -0.389 e. The Bertz CT molecular complexity index is 434. The Hall–Kier alpha value is -1.62. The molecule has 0 aromatic carbocycles. The lowest BCUT2D eigenvalue weighted by Gasteiger charge is -2.35. The normalized spacial score (nSPS) is 20.1. The van der Waals surface area contributed by atoms with Gasteiger partial charge in [-0.15, -0.1) is 0 Å². The number of likely N-dealkylation sites (tertiary alicyclic amines) is 1. The van der Waals surface area contributed by atoms with Crippen molar-refractivity contribution in [2.24, 2.45) is 0 Å². The Kier molecular flexibility index (Phi) is 2.91. The summed E-state index contributed by atoms with van der Waals surface area (Å²) < 4.78 is 0. The van der Waals surface area contributed by atoms with E-state index in [-0.39, 0.29) is 12.0 Å². The van der Waals surface area contributed by atoms with Crippen molar-refractivity contribution in [3.63, 3.8) is 0 Å². The summed E-state index contributed by atoms with van der Waals surface area (Å²) in [4.78, 5) is 20.2. The molecule has 0 radical (unpaired) electrons. The van der Waals surface area contributed by atoms with Crippen LogP contribution in [0, 0.1) is 0 Å². The molecular weight excluding hydrogens is 230 g/mol. The Labute approximate surface area is 106 Å². The first-order valence-corrected chi connectivity index (χ1v) is 6.42. The summed E-state index contributed by atoms with van der Waals surface area (Å²) in [5, 5.41) is 9.19. The van der Waals surface area contributed by atoms with Crippen molar-refractivity contribution in [2.45, 2.75) is 18.9 Å². The number of hydrogen-bond donors (Lipinski definition) is 1. The van der Waals surface area contributed by atoms with Crippen LogP contribution in [-0.4, -0.2) is 53.2 Å². The van der Waals surface area contributed by atoms with E-state index in [0.29, 0.717) is 18.7 Å². The van der Waals surface area contributed by atoms with Crippen molar-refractivity contribution in [1.82, 2.24) is 9.88 Å². The first-order chi connectivity index (χ1) is 8.74. The highest BCUT2D eigenvalue weighted by Crippen LogP contribution is 2.19. The van der Waals surface area contributed by atoms with Gasteiger partial charge in [-0.1, -0.05) is 0 Å². The summed E-state index contributed by atoms with van der Waals surface area (Å²) in [6.07, 6.45) is 3.72. The number of anilines is 1. The van der Waals surface area contributed by atoms with Gasteiger partial charge in [0, 0.05) is 32.4 Å². The molecule has 5 heteroatoms. The maximum atomic E-state index is 12.0. The molecule has 1 N–H and O–H groups in total. The first-order valence-electron chi connectivity index (χ1n) is 6.42. The molecule has 1 aromatic heterocycles. The third-order valence-corrected chi connectivity index (χ3v) is 3.57. The third kappa shape index (κ3) is 2.06. The van der Waals surface area contributed by atoms with Gasteiger partial charge in [0.2, 0.25) is 0 Å². The summed E-state index contributed by atoms with van der Waals surface area (Å²) in [6, 6.07) is 3.74. The average Bonchev–Trinajstić information content (AvgIpc) is 2.88. The third-order valence-electron chi connectivity index (χ3n) is 3.57. The maximum absolute atomic E-state index is 12.0. The number of carbonyl (C=O) groups is 1. The van der Waals surface area contributed by atoms with Gasteiger partial charge >= 0.3 is 0 Å². The standard InChI is InChI=1S/C13H17N3O2/c17-11-8-16(9-11)13(18)10-3-4-12(14-7-10)15-5-1-2-6-15/h3-4,7,11,17H,1-2,5-6,8-9H2. The van der Waals surface area contributed by atoms with Crippen LogP contribution in [0.25, 0.3) is 0 Å². The number of aromatic nitrogens is 1. The molecule has 1 amide bonds. The molecule has 2 fully saturated rings. The molecule has 0 aliphatic carbocycles. The Morgan fingerprint density at radius 2 is 2.00 bits per heavy atom. The van der Waals surface area contributed by atoms with Crippen LogP contribution in [0.3, 0.4) is 0 Å². The highest BCUT2D eigenvalue weighted by molar-refractivity contribution is 5.94. The second-order valence-corrected chi connectivity index (χ2v) is 4.96. The predicted molar refractivity (Wildman–Crippen MR) is 67.6 cm³/mol. The summed E-state index contributed by atoms with van der Waals surface area (Å²) >= 11 is 0. The van der Waals surface area contributed by atoms with Crippen molar-refractivity contribution in [2.75, 3.05) is 31.1 Å². The number of nitrogens with zero attached hydrogens (tertiary/aromatic N) is 3. The van der Waals surface area contributed by atoms with E-state index >= 15 is 0 Å². The molecule has 3 heterocycles. The van der Waals surface area contributed by atoms with Gasteiger partial charge in [-0.3, -0.25) is 4.79 Å². The van der Waals surface area contributed by atoms with Crippen LogP contribution in [0.4, 0.5) is 5.82 Å². The minimum atomic E-state index is -0.356. The number of rotatable bonds is 2. The highest BCUT2D eigenvalue weighted by Gasteiger charge is 2.29. The van der Waals surface area contributed by atoms with Crippen molar-refractivity contribution in [3.8, 4) is 0 Å². The zero-order chi connectivity index (χ0) is 12.5. The zero-order valence-electron chi connectivity index (χ0n) is 10.2. The molecule has 0 bridgehead atoms.